The topological polar surface area (TPSA) is 0 Å². The van der Waals surface area contributed by atoms with Gasteiger partial charge in [0.1, 0.15) is 0 Å². The van der Waals surface area contributed by atoms with Crippen molar-refractivity contribution in [1.82, 2.24) is 0 Å². The van der Waals surface area contributed by atoms with Crippen LogP contribution in [0.1, 0.15) is 161 Å². The maximum atomic E-state index is 3.92. The van der Waals surface area contributed by atoms with Crippen LogP contribution in [0, 0.1) is 19.8 Å². The molecule has 0 aromatic heterocycles. The zero-order valence-corrected chi connectivity index (χ0v) is 20.0. The van der Waals surface area contributed by atoms with Gasteiger partial charge in [-0.25, -0.2) is 0 Å². The molecular weight excluding hydrogens is 336 g/mol. The lowest BCUT2D eigenvalue weighted by Crippen LogP contribution is -1.95. The summed E-state index contributed by atoms with van der Waals surface area (Å²) in [5, 5.41) is 0. The van der Waals surface area contributed by atoms with E-state index in [0.717, 1.165) is 18.8 Å². The number of hydrogen-bond donors (Lipinski definition) is 0. The Morgan fingerprint density at radius 3 is 0.821 bits per heavy atom. The Kier molecular flexibility index (Phi) is 25.0. The summed E-state index contributed by atoms with van der Waals surface area (Å²) in [5.74, 6) is 0.959. The monoisotopic (exact) mass is 392 g/mol. The second-order valence-electron chi connectivity index (χ2n) is 9.46. The maximum Gasteiger partial charge on any atom is -0.0443 e. The first-order valence-corrected chi connectivity index (χ1v) is 13.4. The third-order valence-electron chi connectivity index (χ3n) is 6.39. The summed E-state index contributed by atoms with van der Waals surface area (Å²) in [7, 11) is 0. The Hall–Kier alpha value is 0. The first kappa shape index (κ1) is 28.0. The molecule has 0 spiro atoms. The molecule has 0 saturated carbocycles. The molecule has 0 unspecified atom stereocenters. The molecule has 168 valence electrons. The second-order valence-corrected chi connectivity index (χ2v) is 9.46. The highest BCUT2D eigenvalue weighted by molar-refractivity contribution is 4.56. The van der Waals surface area contributed by atoms with Crippen LogP contribution in [0.15, 0.2) is 0 Å². The summed E-state index contributed by atoms with van der Waals surface area (Å²) >= 11 is 0. The van der Waals surface area contributed by atoms with Gasteiger partial charge in [0.2, 0.25) is 0 Å². The average molecular weight is 393 g/mol. The summed E-state index contributed by atoms with van der Waals surface area (Å²) < 4.78 is 0. The van der Waals surface area contributed by atoms with Crippen LogP contribution < -0.4 is 0 Å². The standard InChI is InChI=1S/C28H56/c1-4-6-8-10-12-14-16-18-20-22-24-26-28(3)27-25-23-21-19-17-15-13-11-9-7-5-2/h28H,1-2,4-27H2,3H3. The number of rotatable bonds is 24. The second kappa shape index (κ2) is 25.0. The molecule has 0 fully saturated rings. The first-order chi connectivity index (χ1) is 13.8. The lowest BCUT2D eigenvalue weighted by Gasteiger charge is -2.11. The van der Waals surface area contributed by atoms with Gasteiger partial charge in [0, 0.05) is 0 Å². The zero-order valence-electron chi connectivity index (χ0n) is 20.0. The van der Waals surface area contributed by atoms with E-state index in [2.05, 4.69) is 20.8 Å². The summed E-state index contributed by atoms with van der Waals surface area (Å²) in [6.45, 7) is 10.3. The molecule has 0 heteroatoms. The molecule has 28 heavy (non-hydrogen) atoms. The van der Waals surface area contributed by atoms with Crippen molar-refractivity contribution in [2.75, 3.05) is 0 Å². The lowest BCUT2D eigenvalue weighted by atomic mass is 9.95. The van der Waals surface area contributed by atoms with Gasteiger partial charge in [-0.05, 0) is 5.92 Å². The smallest absolute Gasteiger partial charge is 0.0443 e. The highest BCUT2D eigenvalue weighted by Gasteiger charge is 2.02. The fourth-order valence-corrected chi connectivity index (χ4v) is 4.31. The minimum absolute atomic E-state index is 0.959. The average Bonchev–Trinajstić information content (AvgIpc) is 2.70. The molecule has 0 heterocycles. The predicted octanol–water partition coefficient (Wildman–Crippen LogP) is 10.7. The molecule has 0 aliphatic carbocycles. The van der Waals surface area contributed by atoms with Crippen LogP contribution in [-0.4, -0.2) is 0 Å². The Labute approximate surface area is 181 Å². The van der Waals surface area contributed by atoms with Crippen molar-refractivity contribution in [2.45, 2.75) is 161 Å². The molecule has 0 amide bonds. The fourth-order valence-electron chi connectivity index (χ4n) is 4.31. The molecule has 0 aliphatic rings. The Balaban J connectivity index is 3.12. The van der Waals surface area contributed by atoms with Crippen molar-refractivity contribution in [3.8, 4) is 0 Å². The number of unbranched alkanes of at least 4 members (excludes halogenated alkanes) is 20. The SMILES string of the molecule is [CH2]CCCCCCCCCCCCC(C)CCCCCCCCCCCC[CH2]. The summed E-state index contributed by atoms with van der Waals surface area (Å²) in [5.41, 5.74) is 0. The van der Waals surface area contributed by atoms with Crippen LogP contribution in [0.2, 0.25) is 0 Å². The quantitative estimate of drug-likeness (QED) is 0.143. The molecule has 0 aromatic rings. The predicted molar refractivity (Wildman–Crippen MR) is 131 cm³/mol. The van der Waals surface area contributed by atoms with Gasteiger partial charge in [-0.3, -0.25) is 0 Å². The molecule has 0 nitrogen and oxygen atoms in total. The Morgan fingerprint density at radius 2 is 0.571 bits per heavy atom. The molecule has 0 atom stereocenters. The Morgan fingerprint density at radius 1 is 0.357 bits per heavy atom. The van der Waals surface area contributed by atoms with E-state index < -0.39 is 0 Å². The minimum atomic E-state index is 0.959. The van der Waals surface area contributed by atoms with Gasteiger partial charge >= 0.3 is 0 Å². The molecule has 0 N–H and O–H groups in total. The van der Waals surface area contributed by atoms with E-state index in [4.69, 9.17) is 0 Å². The van der Waals surface area contributed by atoms with Crippen molar-refractivity contribution >= 4 is 0 Å². The van der Waals surface area contributed by atoms with Crippen molar-refractivity contribution < 1.29 is 0 Å². The van der Waals surface area contributed by atoms with Gasteiger partial charge in [-0.2, -0.15) is 0 Å². The largest absolute Gasteiger partial charge is 0.0625 e. The van der Waals surface area contributed by atoms with Gasteiger partial charge in [0.25, 0.3) is 0 Å². The van der Waals surface area contributed by atoms with Crippen LogP contribution in [-0.2, 0) is 0 Å². The summed E-state index contributed by atoms with van der Waals surface area (Å²) in [4.78, 5) is 0. The summed E-state index contributed by atoms with van der Waals surface area (Å²) in [6.07, 6.45) is 34.1. The molecule has 2 radical (unpaired) electrons. The van der Waals surface area contributed by atoms with Gasteiger partial charge in [-0.1, -0.05) is 175 Å². The third kappa shape index (κ3) is 24.0. The third-order valence-corrected chi connectivity index (χ3v) is 6.39. The summed E-state index contributed by atoms with van der Waals surface area (Å²) in [6, 6.07) is 0. The van der Waals surface area contributed by atoms with Crippen LogP contribution in [0.3, 0.4) is 0 Å². The van der Waals surface area contributed by atoms with Gasteiger partial charge in [0.05, 0.1) is 0 Å². The van der Waals surface area contributed by atoms with Crippen molar-refractivity contribution in [3.63, 3.8) is 0 Å². The van der Waals surface area contributed by atoms with E-state index in [1.54, 1.807) is 0 Å². The first-order valence-electron chi connectivity index (χ1n) is 13.4. The van der Waals surface area contributed by atoms with Crippen LogP contribution in [0.5, 0.6) is 0 Å². The molecule has 0 bridgehead atoms. The maximum absolute atomic E-state index is 3.92. The number of hydrogen-bond acceptors (Lipinski definition) is 0. The molecule has 0 aromatic carbocycles. The molecular formula is C28H56. The minimum Gasteiger partial charge on any atom is -0.0625 e. The van der Waals surface area contributed by atoms with E-state index in [9.17, 15) is 0 Å². The van der Waals surface area contributed by atoms with E-state index in [1.165, 1.54) is 141 Å². The van der Waals surface area contributed by atoms with E-state index >= 15 is 0 Å². The van der Waals surface area contributed by atoms with Gasteiger partial charge in [0.15, 0.2) is 0 Å². The van der Waals surface area contributed by atoms with E-state index in [-0.39, 0.29) is 0 Å². The van der Waals surface area contributed by atoms with Gasteiger partial charge in [-0.15, -0.1) is 0 Å². The molecule has 0 aliphatic heterocycles. The Bertz CT molecular complexity index is 231. The van der Waals surface area contributed by atoms with E-state index in [1.807, 2.05) is 0 Å². The highest BCUT2D eigenvalue weighted by atomic mass is 14.1. The van der Waals surface area contributed by atoms with Crippen LogP contribution in [0.4, 0.5) is 0 Å². The van der Waals surface area contributed by atoms with Crippen molar-refractivity contribution in [2.24, 2.45) is 5.92 Å². The van der Waals surface area contributed by atoms with Crippen LogP contribution >= 0.6 is 0 Å². The lowest BCUT2D eigenvalue weighted by molar-refractivity contribution is 0.429. The van der Waals surface area contributed by atoms with Crippen molar-refractivity contribution in [3.05, 3.63) is 13.8 Å². The zero-order chi connectivity index (χ0) is 20.5. The van der Waals surface area contributed by atoms with Crippen molar-refractivity contribution in [1.29, 1.82) is 0 Å². The fraction of sp³-hybridized carbons (Fsp3) is 0.929. The highest BCUT2D eigenvalue weighted by Crippen LogP contribution is 2.19. The molecule has 0 saturated heterocycles. The van der Waals surface area contributed by atoms with Crippen LogP contribution in [0.25, 0.3) is 0 Å². The normalized spacial score (nSPS) is 11.6. The van der Waals surface area contributed by atoms with E-state index in [0.29, 0.717) is 0 Å². The molecule has 0 rings (SSSR count). The van der Waals surface area contributed by atoms with Gasteiger partial charge < -0.3 is 0 Å².